The number of rotatable bonds is 1. The highest BCUT2D eigenvalue weighted by Crippen LogP contribution is 2.54. The van der Waals surface area contributed by atoms with Crippen molar-refractivity contribution in [2.75, 3.05) is 0 Å². The zero-order valence-electron chi connectivity index (χ0n) is 8.11. The van der Waals surface area contributed by atoms with E-state index < -0.39 is 11.6 Å². The normalized spacial score (nSPS) is 19.3. The SMILES string of the molecule is FC(F)(F)C1(c2cc(Br)nc(Br)c2)CCC1. The van der Waals surface area contributed by atoms with Crippen molar-refractivity contribution in [3.05, 3.63) is 26.9 Å². The molecule has 0 bridgehead atoms. The van der Waals surface area contributed by atoms with Crippen LogP contribution in [0.15, 0.2) is 21.3 Å². The van der Waals surface area contributed by atoms with E-state index in [2.05, 4.69) is 36.8 Å². The third-order valence-electron chi connectivity index (χ3n) is 3.07. The molecule has 1 saturated carbocycles. The summed E-state index contributed by atoms with van der Waals surface area (Å²) in [6.45, 7) is 0. The summed E-state index contributed by atoms with van der Waals surface area (Å²) in [5.41, 5.74) is -1.37. The summed E-state index contributed by atoms with van der Waals surface area (Å²) in [7, 11) is 0. The molecule has 1 aromatic rings. The topological polar surface area (TPSA) is 12.9 Å². The lowest BCUT2D eigenvalue weighted by molar-refractivity contribution is -0.212. The Morgan fingerprint density at radius 1 is 1.12 bits per heavy atom. The Labute approximate surface area is 108 Å². The summed E-state index contributed by atoms with van der Waals surface area (Å²) in [5, 5.41) is 0. The van der Waals surface area contributed by atoms with E-state index in [9.17, 15) is 13.2 Å². The van der Waals surface area contributed by atoms with Gasteiger partial charge in [0.05, 0.1) is 5.41 Å². The molecule has 6 heteroatoms. The highest BCUT2D eigenvalue weighted by molar-refractivity contribution is 9.11. The first kappa shape index (κ1) is 12.4. The largest absolute Gasteiger partial charge is 0.398 e. The number of pyridine rings is 1. The number of alkyl halides is 3. The third kappa shape index (κ3) is 1.90. The molecule has 0 saturated heterocycles. The van der Waals surface area contributed by atoms with Gasteiger partial charge < -0.3 is 0 Å². The van der Waals surface area contributed by atoms with Crippen LogP contribution >= 0.6 is 31.9 Å². The van der Waals surface area contributed by atoms with Gasteiger partial charge in [-0.15, -0.1) is 0 Å². The monoisotopic (exact) mass is 357 g/mol. The van der Waals surface area contributed by atoms with Crippen LogP contribution in [0.25, 0.3) is 0 Å². The second-order valence-electron chi connectivity index (χ2n) is 3.93. The van der Waals surface area contributed by atoms with E-state index in [4.69, 9.17) is 0 Å². The van der Waals surface area contributed by atoms with Crippen LogP contribution in [-0.2, 0) is 5.41 Å². The fraction of sp³-hybridized carbons (Fsp3) is 0.500. The molecule has 0 N–H and O–H groups in total. The molecule has 1 nitrogen and oxygen atoms in total. The Balaban J connectivity index is 2.49. The third-order valence-corrected chi connectivity index (χ3v) is 3.88. The van der Waals surface area contributed by atoms with E-state index in [0.29, 0.717) is 21.2 Å². The Morgan fingerprint density at radius 2 is 1.62 bits per heavy atom. The first-order valence-electron chi connectivity index (χ1n) is 4.75. The van der Waals surface area contributed by atoms with Crippen molar-refractivity contribution in [2.45, 2.75) is 30.9 Å². The molecular weight excluding hydrogens is 351 g/mol. The molecule has 0 unspecified atom stereocenters. The second kappa shape index (κ2) is 3.98. The van der Waals surface area contributed by atoms with Crippen molar-refractivity contribution in [3.63, 3.8) is 0 Å². The second-order valence-corrected chi connectivity index (χ2v) is 5.56. The average molecular weight is 359 g/mol. The molecule has 0 atom stereocenters. The van der Waals surface area contributed by atoms with Crippen LogP contribution in [0.4, 0.5) is 13.2 Å². The van der Waals surface area contributed by atoms with Gasteiger partial charge in [0.15, 0.2) is 0 Å². The van der Waals surface area contributed by atoms with Gasteiger partial charge >= 0.3 is 6.18 Å². The molecule has 0 spiro atoms. The maximum Gasteiger partial charge on any atom is 0.398 e. The van der Waals surface area contributed by atoms with Crippen LogP contribution in [0.2, 0.25) is 0 Å². The van der Waals surface area contributed by atoms with Crippen molar-refractivity contribution in [1.82, 2.24) is 4.98 Å². The molecular formula is C10H8Br2F3N. The van der Waals surface area contributed by atoms with E-state index in [1.807, 2.05) is 0 Å². The van der Waals surface area contributed by atoms with Crippen molar-refractivity contribution in [1.29, 1.82) is 0 Å². The van der Waals surface area contributed by atoms with Gasteiger partial charge in [-0.3, -0.25) is 0 Å². The van der Waals surface area contributed by atoms with E-state index in [-0.39, 0.29) is 12.8 Å². The Bertz CT molecular complexity index is 393. The molecule has 1 aliphatic rings. The van der Waals surface area contributed by atoms with Gasteiger partial charge in [-0.05, 0) is 62.4 Å². The van der Waals surface area contributed by atoms with Gasteiger partial charge in [0, 0.05) is 0 Å². The Hall–Kier alpha value is -0.100. The summed E-state index contributed by atoms with van der Waals surface area (Å²) in [4.78, 5) is 3.95. The first-order chi connectivity index (χ1) is 7.35. The van der Waals surface area contributed by atoms with Crippen LogP contribution in [-0.4, -0.2) is 11.2 Å². The summed E-state index contributed by atoms with van der Waals surface area (Å²) < 4.78 is 40.0. The van der Waals surface area contributed by atoms with Crippen molar-refractivity contribution in [3.8, 4) is 0 Å². The zero-order chi connectivity index (χ0) is 12.0. The van der Waals surface area contributed by atoms with Gasteiger partial charge in [-0.2, -0.15) is 13.2 Å². The van der Waals surface area contributed by atoms with Crippen LogP contribution in [0.5, 0.6) is 0 Å². The molecule has 16 heavy (non-hydrogen) atoms. The number of aromatic nitrogens is 1. The molecule has 1 aliphatic carbocycles. The number of hydrogen-bond acceptors (Lipinski definition) is 1. The van der Waals surface area contributed by atoms with Crippen LogP contribution in [0.1, 0.15) is 24.8 Å². The number of nitrogens with zero attached hydrogens (tertiary/aromatic N) is 1. The van der Waals surface area contributed by atoms with E-state index in [1.54, 1.807) is 0 Å². The molecule has 0 aromatic carbocycles. The molecule has 1 fully saturated rings. The van der Waals surface area contributed by atoms with Crippen LogP contribution in [0, 0.1) is 0 Å². The lowest BCUT2D eigenvalue weighted by Crippen LogP contribution is -2.48. The van der Waals surface area contributed by atoms with Gasteiger partial charge in [0.25, 0.3) is 0 Å². The quantitative estimate of drug-likeness (QED) is 0.669. The fourth-order valence-corrected chi connectivity index (χ4v) is 3.12. The fourth-order valence-electron chi connectivity index (χ4n) is 2.01. The van der Waals surface area contributed by atoms with E-state index in [1.165, 1.54) is 12.1 Å². The lowest BCUT2D eigenvalue weighted by Gasteiger charge is -2.43. The summed E-state index contributed by atoms with van der Waals surface area (Å²) in [5.74, 6) is 0. The highest BCUT2D eigenvalue weighted by atomic mass is 79.9. The van der Waals surface area contributed by atoms with Gasteiger partial charge in [0.1, 0.15) is 9.21 Å². The van der Waals surface area contributed by atoms with E-state index >= 15 is 0 Å². The molecule has 1 heterocycles. The minimum atomic E-state index is -4.19. The first-order valence-corrected chi connectivity index (χ1v) is 6.34. The summed E-state index contributed by atoms with van der Waals surface area (Å²) in [6, 6.07) is 2.91. The Morgan fingerprint density at radius 3 is 1.94 bits per heavy atom. The van der Waals surface area contributed by atoms with Crippen molar-refractivity contribution in [2.24, 2.45) is 0 Å². The lowest BCUT2D eigenvalue weighted by atomic mass is 9.64. The summed E-state index contributed by atoms with van der Waals surface area (Å²) >= 11 is 6.23. The molecule has 1 aromatic heterocycles. The highest BCUT2D eigenvalue weighted by Gasteiger charge is 2.59. The maximum atomic E-state index is 13.1. The predicted molar refractivity (Wildman–Crippen MR) is 61.2 cm³/mol. The predicted octanol–water partition coefficient (Wildman–Crippen LogP) is 4.59. The van der Waals surface area contributed by atoms with Crippen molar-refractivity contribution >= 4 is 31.9 Å². The molecule has 88 valence electrons. The standard InChI is InChI=1S/C10H8Br2F3N/c11-7-4-6(5-8(12)16-7)9(2-1-3-9)10(13,14)15/h4-5H,1-3H2. The molecule has 0 amide bonds. The molecule has 2 rings (SSSR count). The summed E-state index contributed by atoms with van der Waals surface area (Å²) in [6.07, 6.45) is -3.23. The van der Waals surface area contributed by atoms with Gasteiger partial charge in [-0.1, -0.05) is 6.42 Å². The minimum absolute atomic E-state index is 0.166. The maximum absolute atomic E-state index is 13.1. The molecule has 0 radical (unpaired) electrons. The smallest absolute Gasteiger partial charge is 0.234 e. The number of halogens is 5. The van der Waals surface area contributed by atoms with Gasteiger partial charge in [0.2, 0.25) is 0 Å². The molecule has 0 aliphatic heterocycles. The number of hydrogen-bond donors (Lipinski definition) is 0. The minimum Gasteiger partial charge on any atom is -0.234 e. The Kier molecular flexibility index (Phi) is 3.07. The van der Waals surface area contributed by atoms with Crippen molar-refractivity contribution < 1.29 is 13.2 Å². The van der Waals surface area contributed by atoms with Crippen LogP contribution < -0.4 is 0 Å². The van der Waals surface area contributed by atoms with Crippen LogP contribution in [0.3, 0.4) is 0 Å². The zero-order valence-corrected chi connectivity index (χ0v) is 11.3. The van der Waals surface area contributed by atoms with E-state index in [0.717, 1.165) is 0 Å². The average Bonchev–Trinajstić information content (AvgIpc) is 1.95. The van der Waals surface area contributed by atoms with Gasteiger partial charge in [-0.25, -0.2) is 4.98 Å².